The van der Waals surface area contributed by atoms with Crippen molar-refractivity contribution < 1.29 is 12.9 Å². The Morgan fingerprint density at radius 1 is 1.25 bits per heavy atom. The van der Waals surface area contributed by atoms with Crippen molar-refractivity contribution in [3.8, 4) is 22.7 Å². The lowest BCUT2D eigenvalue weighted by Crippen LogP contribution is -2.38. The van der Waals surface area contributed by atoms with Gasteiger partial charge >= 0.3 is 0 Å². The summed E-state index contributed by atoms with van der Waals surface area (Å²) in [6.07, 6.45) is 3.10. The Labute approximate surface area is 163 Å². The van der Waals surface area contributed by atoms with Gasteiger partial charge < -0.3 is 15.6 Å². The van der Waals surface area contributed by atoms with Gasteiger partial charge in [0.05, 0.1) is 27.7 Å². The number of benzene rings is 1. The van der Waals surface area contributed by atoms with Crippen molar-refractivity contribution in [1.29, 1.82) is 0 Å². The van der Waals surface area contributed by atoms with Gasteiger partial charge in [0.2, 0.25) is 0 Å². The van der Waals surface area contributed by atoms with E-state index < -0.39 is 9.84 Å². The van der Waals surface area contributed by atoms with Gasteiger partial charge in [-0.25, -0.2) is 18.4 Å². The van der Waals surface area contributed by atoms with E-state index in [4.69, 9.17) is 10.3 Å². The minimum atomic E-state index is -3.36. The predicted molar refractivity (Wildman–Crippen MR) is 105 cm³/mol. The highest BCUT2D eigenvalue weighted by atomic mass is 32.2. The molecule has 1 aliphatic heterocycles. The zero-order valence-corrected chi connectivity index (χ0v) is 16.2. The normalized spacial score (nSPS) is 17.5. The summed E-state index contributed by atoms with van der Waals surface area (Å²) >= 11 is 0. The number of rotatable bonds is 4. The average molecular weight is 399 g/mol. The lowest BCUT2D eigenvalue weighted by Gasteiger charge is -2.22. The monoisotopic (exact) mass is 399 g/mol. The second-order valence-corrected chi connectivity index (χ2v) is 9.09. The van der Waals surface area contributed by atoms with Gasteiger partial charge in [-0.3, -0.25) is 0 Å². The number of nitrogens with zero attached hydrogens (tertiary/aromatic N) is 3. The number of hydrogen-bond acceptors (Lipinski definition) is 8. The molecule has 3 aromatic rings. The van der Waals surface area contributed by atoms with Gasteiger partial charge in [0.1, 0.15) is 0 Å². The summed E-state index contributed by atoms with van der Waals surface area (Å²) in [5, 5.41) is 6.62. The zero-order valence-electron chi connectivity index (χ0n) is 15.4. The summed E-state index contributed by atoms with van der Waals surface area (Å²) in [4.78, 5) is 9.03. The topological polar surface area (TPSA) is 124 Å². The minimum Gasteiger partial charge on any atom is -0.382 e. The Kier molecular flexibility index (Phi) is 4.86. The van der Waals surface area contributed by atoms with Crippen LogP contribution in [0.1, 0.15) is 18.5 Å². The van der Waals surface area contributed by atoms with Crippen LogP contribution in [0.5, 0.6) is 0 Å². The summed E-state index contributed by atoms with van der Waals surface area (Å²) in [5.74, 6) is 0.678. The van der Waals surface area contributed by atoms with E-state index in [9.17, 15) is 8.42 Å². The lowest BCUT2D eigenvalue weighted by molar-refractivity contribution is 0.426. The predicted octanol–water partition coefficient (Wildman–Crippen LogP) is 2.21. The molecule has 1 saturated heterocycles. The number of aromatic nitrogens is 3. The summed E-state index contributed by atoms with van der Waals surface area (Å²) in [7, 11) is -3.36. The van der Waals surface area contributed by atoms with Crippen LogP contribution in [0.15, 0.2) is 45.9 Å². The Bertz CT molecular complexity index is 1090. The van der Waals surface area contributed by atoms with E-state index in [1.54, 1.807) is 36.5 Å². The van der Waals surface area contributed by atoms with Gasteiger partial charge in [-0.15, -0.1) is 0 Å². The third-order valence-corrected chi connectivity index (χ3v) is 7.04. The molecule has 146 valence electrons. The highest BCUT2D eigenvalue weighted by Gasteiger charge is 2.28. The third-order valence-electron chi connectivity index (χ3n) is 4.83. The summed E-state index contributed by atoms with van der Waals surface area (Å²) in [6.45, 7) is 3.17. The quantitative estimate of drug-likeness (QED) is 0.684. The number of nitrogens with one attached hydrogen (secondary N) is 1. The van der Waals surface area contributed by atoms with Crippen LogP contribution in [0.3, 0.4) is 0 Å². The second-order valence-electron chi connectivity index (χ2n) is 6.86. The summed E-state index contributed by atoms with van der Waals surface area (Å²) in [5.41, 5.74) is 8.36. The average Bonchev–Trinajstić information content (AvgIpc) is 3.15. The van der Waals surface area contributed by atoms with Gasteiger partial charge in [0.25, 0.3) is 0 Å². The van der Waals surface area contributed by atoms with E-state index in [-0.39, 0.29) is 11.1 Å². The summed E-state index contributed by atoms with van der Waals surface area (Å²) in [6, 6.07) is 8.45. The van der Waals surface area contributed by atoms with Gasteiger partial charge in [-0.1, -0.05) is 17.3 Å². The van der Waals surface area contributed by atoms with Crippen molar-refractivity contribution in [3.63, 3.8) is 0 Å². The molecule has 0 bridgehead atoms. The maximum Gasteiger partial charge on any atom is 0.189 e. The molecule has 1 unspecified atom stereocenters. The first kappa shape index (κ1) is 18.6. The van der Waals surface area contributed by atoms with E-state index in [1.807, 2.05) is 6.92 Å². The molecule has 9 heteroatoms. The van der Waals surface area contributed by atoms with E-state index in [1.165, 1.54) is 0 Å². The van der Waals surface area contributed by atoms with Crippen LogP contribution >= 0.6 is 0 Å². The maximum absolute atomic E-state index is 12.8. The lowest BCUT2D eigenvalue weighted by atomic mass is 10.1. The number of anilines is 1. The molecular formula is C19H21N5O3S. The van der Waals surface area contributed by atoms with E-state index in [0.717, 1.165) is 18.5 Å². The molecule has 2 aromatic heterocycles. The van der Waals surface area contributed by atoms with Crippen LogP contribution in [0.2, 0.25) is 0 Å². The first-order valence-corrected chi connectivity index (χ1v) is 10.6. The Morgan fingerprint density at radius 2 is 2.04 bits per heavy atom. The Hall–Kier alpha value is -2.78. The van der Waals surface area contributed by atoms with Gasteiger partial charge in [0, 0.05) is 18.2 Å². The first-order valence-electron chi connectivity index (χ1n) is 9.06. The fourth-order valence-corrected chi connectivity index (χ4v) is 5.00. The number of nitrogen functional groups attached to an aromatic ring is 1. The van der Waals surface area contributed by atoms with Crippen LogP contribution in [-0.4, -0.2) is 41.9 Å². The third kappa shape index (κ3) is 3.50. The number of nitrogens with two attached hydrogens (primary N) is 1. The maximum atomic E-state index is 12.8. The van der Waals surface area contributed by atoms with E-state index in [0.29, 0.717) is 40.7 Å². The molecule has 1 aromatic carbocycles. The number of hydrogen-bond donors (Lipinski definition) is 2. The van der Waals surface area contributed by atoms with Crippen molar-refractivity contribution in [2.75, 3.05) is 18.8 Å². The van der Waals surface area contributed by atoms with E-state index >= 15 is 0 Å². The Balaban J connectivity index is 1.64. The molecule has 1 atom stereocenters. The molecule has 0 amide bonds. The summed E-state index contributed by atoms with van der Waals surface area (Å²) < 4.78 is 30.9. The molecule has 1 aliphatic rings. The minimum absolute atomic E-state index is 0.240. The van der Waals surface area contributed by atoms with Gasteiger partial charge in [0.15, 0.2) is 27.1 Å². The highest BCUT2D eigenvalue weighted by Crippen LogP contribution is 2.28. The SMILES string of the molecule is Cc1cc(-c2nc(-c3ccc(S(=O)(=O)C4CCCNC4)cc3)cnc2N)on1. The molecule has 0 saturated carbocycles. The highest BCUT2D eigenvalue weighted by molar-refractivity contribution is 7.92. The molecule has 1 fully saturated rings. The molecule has 4 rings (SSSR count). The molecular weight excluding hydrogens is 378 g/mol. The molecule has 0 spiro atoms. The van der Waals surface area contributed by atoms with Crippen molar-refractivity contribution in [2.24, 2.45) is 0 Å². The van der Waals surface area contributed by atoms with Crippen molar-refractivity contribution >= 4 is 15.7 Å². The fraction of sp³-hybridized carbons (Fsp3) is 0.316. The van der Waals surface area contributed by atoms with Crippen LogP contribution in [0.4, 0.5) is 5.82 Å². The molecule has 28 heavy (non-hydrogen) atoms. The van der Waals surface area contributed by atoms with Crippen molar-refractivity contribution in [1.82, 2.24) is 20.4 Å². The van der Waals surface area contributed by atoms with Gasteiger partial charge in [-0.05, 0) is 38.4 Å². The van der Waals surface area contributed by atoms with Crippen LogP contribution < -0.4 is 11.1 Å². The molecule has 8 nitrogen and oxygen atoms in total. The number of aryl methyl sites for hydroxylation is 1. The molecule has 0 aliphatic carbocycles. The first-order chi connectivity index (χ1) is 13.4. The molecule has 0 radical (unpaired) electrons. The number of piperidine rings is 1. The smallest absolute Gasteiger partial charge is 0.189 e. The van der Waals surface area contributed by atoms with Crippen LogP contribution in [-0.2, 0) is 9.84 Å². The van der Waals surface area contributed by atoms with Crippen molar-refractivity contribution in [3.05, 3.63) is 42.2 Å². The molecule has 3 N–H and O–H groups in total. The fourth-order valence-electron chi connectivity index (χ4n) is 3.29. The number of sulfone groups is 1. The zero-order chi connectivity index (χ0) is 19.7. The second kappa shape index (κ2) is 7.33. The van der Waals surface area contributed by atoms with Gasteiger partial charge in [-0.2, -0.15) is 0 Å². The standard InChI is InChI=1S/C19H21N5O3S/c1-12-9-17(27-24-12)18-19(20)22-11-16(23-18)13-4-6-14(7-5-13)28(25,26)15-3-2-8-21-10-15/h4-7,9,11,15,21H,2-3,8,10H2,1H3,(H2,20,22). The molecule has 3 heterocycles. The Morgan fingerprint density at radius 3 is 2.68 bits per heavy atom. The van der Waals surface area contributed by atoms with Crippen molar-refractivity contribution in [2.45, 2.75) is 29.9 Å². The van der Waals surface area contributed by atoms with Crippen LogP contribution in [0.25, 0.3) is 22.7 Å². The van der Waals surface area contributed by atoms with Crippen LogP contribution in [0, 0.1) is 6.92 Å². The largest absolute Gasteiger partial charge is 0.382 e. The van der Waals surface area contributed by atoms with E-state index in [2.05, 4.69) is 20.4 Å².